The molecular weight excluding hydrogens is 186 g/mol. The zero-order valence-corrected chi connectivity index (χ0v) is 9.42. The molecule has 2 heteroatoms. The Morgan fingerprint density at radius 2 is 1.73 bits per heavy atom. The largest absolute Gasteiger partial charge is 0.235 e. The first kappa shape index (κ1) is 10.1. The number of aliphatic imine (C=N–C) groups is 1. The maximum atomic E-state index is 10.4. The highest BCUT2D eigenvalue weighted by Gasteiger charge is 2.45. The Bertz CT molecular complexity index is 452. The van der Waals surface area contributed by atoms with Gasteiger partial charge in [-0.2, -0.15) is 4.99 Å². The fourth-order valence-electron chi connectivity index (χ4n) is 2.11. The lowest BCUT2D eigenvalue weighted by molar-refractivity contribution is 0.556. The second-order valence-corrected chi connectivity index (χ2v) is 4.49. The van der Waals surface area contributed by atoms with Gasteiger partial charge in [0.1, 0.15) is 0 Å². The van der Waals surface area contributed by atoms with Crippen LogP contribution in [0.1, 0.15) is 35.1 Å². The molecule has 15 heavy (non-hydrogen) atoms. The van der Waals surface area contributed by atoms with Crippen LogP contribution in [0.5, 0.6) is 0 Å². The van der Waals surface area contributed by atoms with Gasteiger partial charge in [0.05, 0.1) is 5.54 Å². The predicted molar refractivity (Wildman–Crippen MR) is 59.7 cm³/mol. The Morgan fingerprint density at radius 1 is 1.13 bits per heavy atom. The lowest BCUT2D eigenvalue weighted by Crippen LogP contribution is -2.06. The first-order chi connectivity index (χ1) is 7.09. The molecule has 1 aliphatic rings. The molecule has 0 amide bonds. The molecule has 2 nitrogen and oxygen atoms in total. The quantitative estimate of drug-likeness (QED) is 0.534. The van der Waals surface area contributed by atoms with Gasteiger partial charge in [-0.3, -0.25) is 0 Å². The molecule has 1 aromatic carbocycles. The van der Waals surface area contributed by atoms with Crippen LogP contribution in [0, 0.1) is 20.8 Å². The summed E-state index contributed by atoms with van der Waals surface area (Å²) in [6.45, 7) is 6.29. The minimum atomic E-state index is -0.232. The lowest BCUT2D eigenvalue weighted by atomic mass is 9.94. The molecule has 0 bridgehead atoms. The Kier molecular flexibility index (Phi) is 2.24. The van der Waals surface area contributed by atoms with E-state index < -0.39 is 0 Å². The van der Waals surface area contributed by atoms with E-state index in [0.717, 1.165) is 12.8 Å². The molecule has 0 aliphatic heterocycles. The third kappa shape index (κ3) is 1.62. The lowest BCUT2D eigenvalue weighted by Gasteiger charge is -2.14. The van der Waals surface area contributed by atoms with Crippen molar-refractivity contribution in [1.29, 1.82) is 0 Å². The van der Waals surface area contributed by atoms with E-state index in [1.54, 1.807) is 6.08 Å². The van der Waals surface area contributed by atoms with Crippen molar-refractivity contribution < 1.29 is 4.79 Å². The van der Waals surface area contributed by atoms with Gasteiger partial charge in [0.15, 0.2) is 0 Å². The van der Waals surface area contributed by atoms with Gasteiger partial charge in [0, 0.05) is 0 Å². The van der Waals surface area contributed by atoms with Crippen molar-refractivity contribution in [2.75, 3.05) is 0 Å². The summed E-state index contributed by atoms with van der Waals surface area (Å²) in [4.78, 5) is 14.4. The van der Waals surface area contributed by atoms with Crippen molar-refractivity contribution in [3.05, 3.63) is 34.4 Å². The van der Waals surface area contributed by atoms with Crippen LogP contribution in [0.2, 0.25) is 0 Å². The molecule has 0 unspecified atom stereocenters. The van der Waals surface area contributed by atoms with Crippen molar-refractivity contribution >= 4 is 6.08 Å². The summed E-state index contributed by atoms with van der Waals surface area (Å²) in [7, 11) is 0. The van der Waals surface area contributed by atoms with E-state index in [0.29, 0.717) is 0 Å². The molecule has 0 radical (unpaired) electrons. The summed E-state index contributed by atoms with van der Waals surface area (Å²) in [5.41, 5.74) is 4.76. The zero-order chi connectivity index (χ0) is 11.1. The molecule has 78 valence electrons. The summed E-state index contributed by atoms with van der Waals surface area (Å²) in [6.07, 6.45) is 3.66. The molecule has 1 aliphatic carbocycles. The average Bonchev–Trinajstić information content (AvgIpc) is 2.93. The predicted octanol–water partition coefficient (Wildman–Crippen LogP) is 2.94. The second kappa shape index (κ2) is 3.32. The first-order valence-corrected chi connectivity index (χ1v) is 5.26. The van der Waals surface area contributed by atoms with E-state index in [1.165, 1.54) is 22.3 Å². The molecule has 0 saturated heterocycles. The summed E-state index contributed by atoms with van der Waals surface area (Å²) < 4.78 is 0. The van der Waals surface area contributed by atoms with E-state index in [2.05, 4.69) is 37.9 Å². The van der Waals surface area contributed by atoms with Gasteiger partial charge in [-0.15, -0.1) is 0 Å². The average molecular weight is 201 g/mol. The summed E-state index contributed by atoms with van der Waals surface area (Å²) in [6, 6.07) is 4.34. The van der Waals surface area contributed by atoms with Crippen molar-refractivity contribution in [2.24, 2.45) is 4.99 Å². The van der Waals surface area contributed by atoms with E-state index in [9.17, 15) is 4.79 Å². The summed E-state index contributed by atoms with van der Waals surface area (Å²) in [5.74, 6) is 0. The number of rotatable bonds is 2. The number of nitrogens with zero attached hydrogens (tertiary/aromatic N) is 1. The first-order valence-electron chi connectivity index (χ1n) is 5.26. The van der Waals surface area contributed by atoms with E-state index in [1.807, 2.05) is 0 Å². The fourth-order valence-corrected chi connectivity index (χ4v) is 2.11. The number of isocyanates is 1. The van der Waals surface area contributed by atoms with Gasteiger partial charge in [0.2, 0.25) is 6.08 Å². The number of hydrogen-bond acceptors (Lipinski definition) is 2. The smallest absolute Gasteiger partial charge is 0.211 e. The molecule has 2 rings (SSSR count). The Balaban J connectivity index is 2.54. The van der Waals surface area contributed by atoms with Crippen LogP contribution >= 0.6 is 0 Å². The summed E-state index contributed by atoms with van der Waals surface area (Å²) in [5, 5.41) is 0. The fraction of sp³-hybridized carbons (Fsp3) is 0.462. The standard InChI is InChI=1S/C13H15NO/c1-9-6-11(3)12(7-10(9)2)13(4-5-13)14-8-15/h6-7H,4-5H2,1-3H3. The van der Waals surface area contributed by atoms with Crippen molar-refractivity contribution in [2.45, 2.75) is 39.2 Å². The highest BCUT2D eigenvalue weighted by atomic mass is 16.1. The van der Waals surface area contributed by atoms with Crippen LogP contribution < -0.4 is 0 Å². The van der Waals surface area contributed by atoms with Crippen LogP contribution in [0.3, 0.4) is 0 Å². The molecule has 1 aromatic rings. The Hall–Kier alpha value is -1.40. The number of carbonyl (C=O) groups excluding carboxylic acids is 1. The number of benzene rings is 1. The Morgan fingerprint density at radius 3 is 2.27 bits per heavy atom. The molecule has 0 spiro atoms. The molecular formula is C13H15NO. The van der Waals surface area contributed by atoms with Gasteiger partial charge in [0.25, 0.3) is 0 Å². The molecule has 0 heterocycles. The third-order valence-electron chi connectivity index (χ3n) is 3.33. The highest BCUT2D eigenvalue weighted by molar-refractivity contribution is 5.47. The molecule has 1 saturated carbocycles. The van der Waals surface area contributed by atoms with Crippen molar-refractivity contribution in [3.8, 4) is 0 Å². The molecule has 1 fully saturated rings. The van der Waals surface area contributed by atoms with Crippen molar-refractivity contribution in [3.63, 3.8) is 0 Å². The molecule has 0 atom stereocenters. The monoisotopic (exact) mass is 201 g/mol. The maximum Gasteiger partial charge on any atom is 0.235 e. The van der Waals surface area contributed by atoms with Crippen molar-refractivity contribution in [1.82, 2.24) is 0 Å². The van der Waals surface area contributed by atoms with Gasteiger partial charge >= 0.3 is 0 Å². The molecule has 0 N–H and O–H groups in total. The van der Waals surface area contributed by atoms with Crippen LogP contribution in [0.15, 0.2) is 17.1 Å². The van der Waals surface area contributed by atoms with E-state index in [-0.39, 0.29) is 5.54 Å². The third-order valence-corrected chi connectivity index (χ3v) is 3.33. The highest BCUT2D eigenvalue weighted by Crippen LogP contribution is 2.50. The van der Waals surface area contributed by atoms with Crippen LogP contribution in [-0.2, 0) is 10.3 Å². The second-order valence-electron chi connectivity index (χ2n) is 4.49. The Labute approximate surface area is 90.0 Å². The van der Waals surface area contributed by atoms with Gasteiger partial charge in [-0.1, -0.05) is 12.1 Å². The topological polar surface area (TPSA) is 29.4 Å². The number of aryl methyl sites for hydroxylation is 3. The van der Waals surface area contributed by atoms with Crippen LogP contribution in [-0.4, -0.2) is 6.08 Å². The van der Waals surface area contributed by atoms with Crippen LogP contribution in [0.4, 0.5) is 0 Å². The normalized spacial score (nSPS) is 17.0. The minimum Gasteiger partial charge on any atom is -0.211 e. The number of hydrogen-bond donors (Lipinski definition) is 0. The zero-order valence-electron chi connectivity index (χ0n) is 9.42. The van der Waals surface area contributed by atoms with Crippen LogP contribution in [0.25, 0.3) is 0 Å². The van der Waals surface area contributed by atoms with Gasteiger partial charge in [-0.05, 0) is 55.9 Å². The van der Waals surface area contributed by atoms with E-state index >= 15 is 0 Å². The van der Waals surface area contributed by atoms with Gasteiger partial charge in [-0.25, -0.2) is 4.79 Å². The summed E-state index contributed by atoms with van der Waals surface area (Å²) >= 11 is 0. The SMILES string of the molecule is Cc1cc(C)c(C2(N=C=O)CC2)cc1C. The molecule has 0 aromatic heterocycles. The maximum absolute atomic E-state index is 10.4. The van der Waals surface area contributed by atoms with E-state index in [4.69, 9.17) is 0 Å². The van der Waals surface area contributed by atoms with Gasteiger partial charge < -0.3 is 0 Å². The minimum absolute atomic E-state index is 0.232.